The number of nitrogens with one attached hydrogen (secondary N) is 2. The zero-order valence-electron chi connectivity index (χ0n) is 12.7. The largest absolute Gasteiger partial charge is 0.349 e. The van der Waals surface area contributed by atoms with Gasteiger partial charge in [-0.3, -0.25) is 4.79 Å². The van der Waals surface area contributed by atoms with Crippen molar-refractivity contribution in [3.05, 3.63) is 0 Å². The van der Waals surface area contributed by atoms with Crippen LogP contribution in [0.4, 0.5) is 0 Å². The maximum atomic E-state index is 12.5. The second-order valence-corrected chi connectivity index (χ2v) is 9.52. The smallest absolute Gasteiger partial charge is 0.237 e. The fourth-order valence-electron chi connectivity index (χ4n) is 4.20. The number of amides is 1. The lowest BCUT2D eigenvalue weighted by atomic mass is 9.77. The Morgan fingerprint density at radius 2 is 1.95 bits per heavy atom. The number of fused-ring (bicyclic) bond motifs is 1. The minimum atomic E-state index is -2.98. The molecule has 5 nitrogen and oxygen atoms in total. The van der Waals surface area contributed by atoms with E-state index in [1.54, 1.807) is 0 Å². The molecule has 3 rings (SSSR count). The van der Waals surface area contributed by atoms with Gasteiger partial charge in [0.15, 0.2) is 9.84 Å². The molecule has 4 unspecified atom stereocenters. The van der Waals surface area contributed by atoms with Gasteiger partial charge in [0.05, 0.1) is 23.1 Å². The third-order valence-electron chi connectivity index (χ3n) is 5.40. The van der Waals surface area contributed by atoms with E-state index < -0.39 is 15.4 Å². The van der Waals surface area contributed by atoms with Crippen LogP contribution in [0.1, 0.15) is 51.9 Å². The first-order chi connectivity index (χ1) is 9.87. The second kappa shape index (κ2) is 5.54. The van der Waals surface area contributed by atoms with Crippen molar-refractivity contribution >= 4 is 15.7 Å². The first-order valence-electron chi connectivity index (χ1n) is 8.15. The van der Waals surface area contributed by atoms with E-state index >= 15 is 0 Å². The molecule has 0 spiro atoms. The summed E-state index contributed by atoms with van der Waals surface area (Å²) in [7, 11) is -2.98. The fourth-order valence-corrected chi connectivity index (χ4v) is 6.29. The Bertz CT molecular complexity index is 519. The highest BCUT2D eigenvalue weighted by atomic mass is 32.2. The lowest BCUT2D eigenvalue weighted by molar-refractivity contribution is -0.126. The van der Waals surface area contributed by atoms with Gasteiger partial charge in [0.2, 0.25) is 5.91 Å². The highest BCUT2D eigenvalue weighted by Gasteiger charge is 2.42. The van der Waals surface area contributed by atoms with Gasteiger partial charge in [-0.15, -0.1) is 0 Å². The maximum absolute atomic E-state index is 12.5. The molecule has 4 atom stereocenters. The number of rotatable bonds is 2. The zero-order valence-corrected chi connectivity index (χ0v) is 13.5. The van der Waals surface area contributed by atoms with Gasteiger partial charge in [-0.1, -0.05) is 12.8 Å². The molecule has 2 aliphatic heterocycles. The average molecular weight is 314 g/mol. The second-order valence-electron chi connectivity index (χ2n) is 7.34. The molecule has 0 aromatic rings. The molecule has 1 saturated carbocycles. The van der Waals surface area contributed by atoms with Crippen LogP contribution in [-0.4, -0.2) is 43.5 Å². The molecule has 2 N–H and O–H groups in total. The van der Waals surface area contributed by atoms with Crippen LogP contribution < -0.4 is 10.6 Å². The molecule has 120 valence electrons. The Labute approximate surface area is 127 Å². The molecule has 0 aromatic carbocycles. The van der Waals surface area contributed by atoms with Gasteiger partial charge in [-0.05, 0) is 44.9 Å². The van der Waals surface area contributed by atoms with Gasteiger partial charge >= 0.3 is 0 Å². The SMILES string of the molecule is CC1(NC(=O)C2CCC3CCCCC3N2)CCS(=O)(=O)C1. The maximum Gasteiger partial charge on any atom is 0.237 e. The summed E-state index contributed by atoms with van der Waals surface area (Å²) in [5, 5.41) is 6.50. The molecule has 3 aliphatic rings. The molecule has 3 fully saturated rings. The molecule has 0 radical (unpaired) electrons. The van der Waals surface area contributed by atoms with Crippen LogP contribution >= 0.6 is 0 Å². The quantitative estimate of drug-likeness (QED) is 0.797. The van der Waals surface area contributed by atoms with Gasteiger partial charge in [-0.25, -0.2) is 8.42 Å². The summed E-state index contributed by atoms with van der Waals surface area (Å²) in [6.07, 6.45) is 7.52. The molecule has 0 aromatic heterocycles. The lowest BCUT2D eigenvalue weighted by Gasteiger charge is -2.40. The predicted octanol–water partition coefficient (Wildman–Crippen LogP) is 0.991. The lowest BCUT2D eigenvalue weighted by Crippen LogP contribution is -2.59. The monoisotopic (exact) mass is 314 g/mol. The van der Waals surface area contributed by atoms with E-state index in [2.05, 4.69) is 10.6 Å². The molecule has 6 heteroatoms. The van der Waals surface area contributed by atoms with E-state index in [-0.39, 0.29) is 23.5 Å². The van der Waals surface area contributed by atoms with Crippen LogP contribution in [0, 0.1) is 5.92 Å². The first-order valence-corrected chi connectivity index (χ1v) is 9.98. The summed E-state index contributed by atoms with van der Waals surface area (Å²) in [6.45, 7) is 1.85. The topological polar surface area (TPSA) is 75.3 Å². The standard InChI is InChI=1S/C15H26N2O3S/c1-15(8-9-21(19,20)10-15)17-14(18)13-7-6-11-4-2-3-5-12(11)16-13/h11-13,16H,2-10H2,1H3,(H,17,18). The van der Waals surface area contributed by atoms with Gasteiger partial charge < -0.3 is 10.6 Å². The number of hydrogen-bond acceptors (Lipinski definition) is 4. The van der Waals surface area contributed by atoms with Crippen molar-refractivity contribution < 1.29 is 13.2 Å². The molecular weight excluding hydrogens is 288 g/mol. The average Bonchev–Trinajstić information content (AvgIpc) is 2.71. The van der Waals surface area contributed by atoms with E-state index in [1.165, 1.54) is 25.7 Å². The summed E-state index contributed by atoms with van der Waals surface area (Å²) in [5.41, 5.74) is -0.582. The number of carbonyl (C=O) groups excluding carboxylic acids is 1. The summed E-state index contributed by atoms with van der Waals surface area (Å²) in [4.78, 5) is 12.5. The molecule has 21 heavy (non-hydrogen) atoms. The highest BCUT2D eigenvalue weighted by Crippen LogP contribution is 2.32. The Hall–Kier alpha value is -0.620. The molecular formula is C15H26N2O3S. The van der Waals surface area contributed by atoms with Gasteiger partial charge in [0.25, 0.3) is 0 Å². The van der Waals surface area contributed by atoms with Crippen LogP contribution in [0.5, 0.6) is 0 Å². The third-order valence-corrected chi connectivity index (χ3v) is 7.30. The van der Waals surface area contributed by atoms with E-state index in [1.807, 2.05) is 6.92 Å². The minimum Gasteiger partial charge on any atom is -0.349 e. The van der Waals surface area contributed by atoms with E-state index in [9.17, 15) is 13.2 Å². The van der Waals surface area contributed by atoms with E-state index in [0.717, 1.165) is 18.8 Å². The number of carbonyl (C=O) groups is 1. The fraction of sp³-hybridized carbons (Fsp3) is 0.933. The Morgan fingerprint density at radius 3 is 2.67 bits per heavy atom. The van der Waals surface area contributed by atoms with E-state index in [0.29, 0.717) is 12.5 Å². The van der Waals surface area contributed by atoms with Gasteiger partial charge in [0.1, 0.15) is 0 Å². The zero-order chi connectivity index (χ0) is 15.1. The van der Waals surface area contributed by atoms with Gasteiger partial charge in [-0.2, -0.15) is 0 Å². The molecule has 1 aliphatic carbocycles. The highest BCUT2D eigenvalue weighted by molar-refractivity contribution is 7.91. The van der Waals surface area contributed by atoms with Crippen molar-refractivity contribution in [3.8, 4) is 0 Å². The Balaban J connectivity index is 1.59. The van der Waals surface area contributed by atoms with Crippen molar-refractivity contribution in [2.45, 2.75) is 69.5 Å². The number of piperidine rings is 1. The molecule has 2 saturated heterocycles. The van der Waals surface area contributed by atoms with Crippen molar-refractivity contribution in [2.24, 2.45) is 5.92 Å². The van der Waals surface area contributed by atoms with Gasteiger partial charge in [0, 0.05) is 6.04 Å². The predicted molar refractivity (Wildman–Crippen MR) is 81.7 cm³/mol. The normalized spacial score (nSPS) is 42.2. The summed E-state index contributed by atoms with van der Waals surface area (Å²) < 4.78 is 23.2. The first kappa shape index (κ1) is 15.3. The third kappa shape index (κ3) is 3.42. The van der Waals surface area contributed by atoms with Crippen LogP contribution in [0.2, 0.25) is 0 Å². The van der Waals surface area contributed by atoms with Crippen molar-refractivity contribution in [3.63, 3.8) is 0 Å². The Morgan fingerprint density at radius 1 is 1.19 bits per heavy atom. The summed E-state index contributed by atoms with van der Waals surface area (Å²) in [6, 6.07) is 0.327. The Kier molecular flexibility index (Phi) is 4.03. The minimum absolute atomic E-state index is 0.0152. The van der Waals surface area contributed by atoms with Crippen LogP contribution in [0.15, 0.2) is 0 Å². The van der Waals surface area contributed by atoms with Crippen LogP contribution in [0.3, 0.4) is 0 Å². The van der Waals surface area contributed by atoms with Crippen LogP contribution in [-0.2, 0) is 14.6 Å². The van der Waals surface area contributed by atoms with Crippen molar-refractivity contribution in [1.29, 1.82) is 0 Å². The number of sulfone groups is 1. The molecule has 2 heterocycles. The van der Waals surface area contributed by atoms with Crippen molar-refractivity contribution in [2.75, 3.05) is 11.5 Å². The van der Waals surface area contributed by atoms with E-state index in [4.69, 9.17) is 0 Å². The van der Waals surface area contributed by atoms with Crippen molar-refractivity contribution in [1.82, 2.24) is 10.6 Å². The summed E-state index contributed by atoms with van der Waals surface area (Å²) in [5.74, 6) is 0.973. The van der Waals surface area contributed by atoms with Crippen LogP contribution in [0.25, 0.3) is 0 Å². The molecule has 1 amide bonds. The summed E-state index contributed by atoms with van der Waals surface area (Å²) >= 11 is 0. The number of hydrogen-bond donors (Lipinski definition) is 2. The molecule has 0 bridgehead atoms.